The minimum absolute atomic E-state index is 0.0999. The molecule has 0 aromatic carbocycles. The molecule has 2 heteroatoms. The fourth-order valence-electron chi connectivity index (χ4n) is 1.13. The molecule has 14 heavy (non-hydrogen) atoms. The SMILES string of the molecule is CC(C)(C)CCC(O)CNC(C)(C)C. The first-order valence-corrected chi connectivity index (χ1v) is 5.53. The van der Waals surface area contributed by atoms with Crippen LogP contribution in [0, 0.1) is 5.41 Å². The van der Waals surface area contributed by atoms with E-state index < -0.39 is 0 Å². The van der Waals surface area contributed by atoms with Crippen molar-refractivity contribution in [3.05, 3.63) is 0 Å². The number of rotatable bonds is 4. The summed E-state index contributed by atoms with van der Waals surface area (Å²) in [4.78, 5) is 0. The second-order valence-corrected chi connectivity index (χ2v) is 6.38. The molecule has 2 nitrogen and oxygen atoms in total. The van der Waals surface area contributed by atoms with Crippen LogP contribution in [0.3, 0.4) is 0 Å². The molecule has 1 unspecified atom stereocenters. The van der Waals surface area contributed by atoms with Crippen molar-refractivity contribution in [2.75, 3.05) is 6.54 Å². The van der Waals surface area contributed by atoms with Gasteiger partial charge in [0.25, 0.3) is 0 Å². The van der Waals surface area contributed by atoms with Crippen molar-refractivity contribution in [3.63, 3.8) is 0 Å². The van der Waals surface area contributed by atoms with E-state index in [-0.39, 0.29) is 11.6 Å². The fraction of sp³-hybridized carbons (Fsp3) is 1.00. The van der Waals surface area contributed by atoms with Crippen LogP contribution in [0.15, 0.2) is 0 Å². The molecule has 0 bridgehead atoms. The summed E-state index contributed by atoms with van der Waals surface area (Å²) in [5, 5.41) is 13.0. The molecule has 0 saturated heterocycles. The fourth-order valence-corrected chi connectivity index (χ4v) is 1.13. The van der Waals surface area contributed by atoms with E-state index in [1.165, 1.54) is 0 Å². The van der Waals surface area contributed by atoms with E-state index in [2.05, 4.69) is 46.9 Å². The predicted molar refractivity (Wildman–Crippen MR) is 62.5 cm³/mol. The molecule has 0 aromatic heterocycles. The molecular formula is C12H27NO. The summed E-state index contributed by atoms with van der Waals surface area (Å²) in [6.45, 7) is 13.7. The van der Waals surface area contributed by atoms with Crippen molar-refractivity contribution in [2.24, 2.45) is 5.41 Å². The van der Waals surface area contributed by atoms with Gasteiger partial charge in [0.05, 0.1) is 6.10 Å². The lowest BCUT2D eigenvalue weighted by atomic mass is 9.89. The molecule has 0 aliphatic carbocycles. The molecule has 86 valence electrons. The number of nitrogens with one attached hydrogen (secondary N) is 1. The van der Waals surface area contributed by atoms with E-state index in [1.54, 1.807) is 0 Å². The van der Waals surface area contributed by atoms with Crippen LogP contribution in [0.5, 0.6) is 0 Å². The Balaban J connectivity index is 3.62. The van der Waals surface area contributed by atoms with E-state index in [0.29, 0.717) is 12.0 Å². The largest absolute Gasteiger partial charge is 0.392 e. The van der Waals surface area contributed by atoms with Crippen LogP contribution in [0.4, 0.5) is 0 Å². The lowest BCUT2D eigenvalue weighted by Gasteiger charge is -2.25. The molecule has 0 amide bonds. The first kappa shape index (κ1) is 13.9. The second kappa shape index (κ2) is 5.13. The number of β-amino-alcohol motifs (C(OH)–C–C–N with tert-alkyl or cyclic N) is 1. The van der Waals surface area contributed by atoms with Gasteiger partial charge < -0.3 is 10.4 Å². The normalized spacial score (nSPS) is 15.6. The number of aliphatic hydroxyl groups is 1. The molecule has 0 saturated carbocycles. The summed E-state index contributed by atoms with van der Waals surface area (Å²) in [6, 6.07) is 0. The van der Waals surface area contributed by atoms with Crippen LogP contribution in [0.2, 0.25) is 0 Å². The van der Waals surface area contributed by atoms with Gasteiger partial charge in [-0.1, -0.05) is 20.8 Å². The Morgan fingerprint density at radius 2 is 1.57 bits per heavy atom. The summed E-state index contributed by atoms with van der Waals surface area (Å²) >= 11 is 0. The molecule has 0 aliphatic rings. The average molecular weight is 201 g/mol. The molecule has 0 fully saturated rings. The van der Waals surface area contributed by atoms with Crippen LogP contribution in [-0.2, 0) is 0 Å². The Kier molecular flexibility index (Phi) is 5.10. The summed E-state index contributed by atoms with van der Waals surface area (Å²) in [7, 11) is 0. The third kappa shape index (κ3) is 10.0. The van der Waals surface area contributed by atoms with E-state index in [0.717, 1.165) is 12.8 Å². The third-order valence-corrected chi connectivity index (χ3v) is 2.10. The third-order valence-electron chi connectivity index (χ3n) is 2.10. The second-order valence-electron chi connectivity index (χ2n) is 6.38. The standard InChI is InChI=1S/C12H27NO/c1-11(2,3)8-7-10(14)9-13-12(4,5)6/h10,13-14H,7-9H2,1-6H3. The van der Waals surface area contributed by atoms with Gasteiger partial charge in [-0.2, -0.15) is 0 Å². The van der Waals surface area contributed by atoms with E-state index in [4.69, 9.17) is 0 Å². The van der Waals surface area contributed by atoms with Gasteiger partial charge in [0.2, 0.25) is 0 Å². The monoisotopic (exact) mass is 201 g/mol. The molecule has 0 aromatic rings. The molecule has 1 atom stereocenters. The van der Waals surface area contributed by atoms with Crippen LogP contribution in [-0.4, -0.2) is 23.3 Å². The lowest BCUT2D eigenvalue weighted by molar-refractivity contribution is 0.135. The highest BCUT2D eigenvalue weighted by Gasteiger charge is 2.15. The molecule has 0 spiro atoms. The van der Waals surface area contributed by atoms with Gasteiger partial charge in [0.1, 0.15) is 0 Å². The number of hydrogen-bond acceptors (Lipinski definition) is 2. The van der Waals surface area contributed by atoms with Gasteiger partial charge in [-0.05, 0) is 39.0 Å². The maximum absolute atomic E-state index is 9.71. The first-order valence-electron chi connectivity index (χ1n) is 5.53. The Labute approximate surface area is 89.1 Å². The lowest BCUT2D eigenvalue weighted by Crippen LogP contribution is -2.41. The van der Waals surface area contributed by atoms with Crippen LogP contribution in [0.25, 0.3) is 0 Å². The zero-order valence-electron chi connectivity index (χ0n) is 10.6. The van der Waals surface area contributed by atoms with Gasteiger partial charge in [0, 0.05) is 12.1 Å². The minimum atomic E-state index is -0.214. The molecule has 0 rings (SSSR count). The van der Waals surface area contributed by atoms with Gasteiger partial charge >= 0.3 is 0 Å². The van der Waals surface area contributed by atoms with Crippen LogP contribution in [0.1, 0.15) is 54.4 Å². The summed E-state index contributed by atoms with van der Waals surface area (Å²) in [5.74, 6) is 0. The van der Waals surface area contributed by atoms with E-state index in [9.17, 15) is 5.11 Å². The van der Waals surface area contributed by atoms with Crippen molar-refractivity contribution < 1.29 is 5.11 Å². The zero-order chi connectivity index (χ0) is 11.4. The highest BCUT2D eigenvalue weighted by Crippen LogP contribution is 2.21. The Morgan fingerprint density at radius 1 is 1.07 bits per heavy atom. The molecule has 2 N–H and O–H groups in total. The van der Waals surface area contributed by atoms with E-state index >= 15 is 0 Å². The van der Waals surface area contributed by atoms with Crippen molar-refractivity contribution >= 4 is 0 Å². The van der Waals surface area contributed by atoms with Crippen molar-refractivity contribution in [3.8, 4) is 0 Å². The summed E-state index contributed by atoms with van der Waals surface area (Å²) in [6.07, 6.45) is 1.74. The first-order chi connectivity index (χ1) is 6.10. The number of hydrogen-bond donors (Lipinski definition) is 2. The molecule has 0 radical (unpaired) electrons. The Hall–Kier alpha value is -0.0800. The minimum Gasteiger partial charge on any atom is -0.392 e. The summed E-state index contributed by atoms with van der Waals surface area (Å²) in [5.41, 5.74) is 0.422. The van der Waals surface area contributed by atoms with Gasteiger partial charge in [-0.15, -0.1) is 0 Å². The van der Waals surface area contributed by atoms with Crippen molar-refractivity contribution in [1.82, 2.24) is 5.32 Å². The topological polar surface area (TPSA) is 32.3 Å². The van der Waals surface area contributed by atoms with Crippen LogP contribution < -0.4 is 5.32 Å². The zero-order valence-corrected chi connectivity index (χ0v) is 10.6. The Morgan fingerprint density at radius 3 is 1.93 bits per heavy atom. The molecule has 0 heterocycles. The quantitative estimate of drug-likeness (QED) is 0.732. The van der Waals surface area contributed by atoms with E-state index in [1.807, 2.05) is 0 Å². The Bertz CT molecular complexity index is 135. The van der Waals surface area contributed by atoms with Gasteiger partial charge in [-0.3, -0.25) is 0 Å². The maximum Gasteiger partial charge on any atom is 0.0665 e. The summed E-state index contributed by atoms with van der Waals surface area (Å²) < 4.78 is 0. The predicted octanol–water partition coefficient (Wildman–Crippen LogP) is 2.56. The van der Waals surface area contributed by atoms with Gasteiger partial charge in [0.15, 0.2) is 0 Å². The smallest absolute Gasteiger partial charge is 0.0665 e. The molecular weight excluding hydrogens is 174 g/mol. The number of aliphatic hydroxyl groups excluding tert-OH is 1. The maximum atomic E-state index is 9.71. The van der Waals surface area contributed by atoms with Gasteiger partial charge in [-0.25, -0.2) is 0 Å². The van der Waals surface area contributed by atoms with Crippen molar-refractivity contribution in [2.45, 2.75) is 66.0 Å². The highest BCUT2D eigenvalue weighted by molar-refractivity contribution is 4.74. The average Bonchev–Trinajstić information content (AvgIpc) is 1.94. The molecule has 0 aliphatic heterocycles. The van der Waals surface area contributed by atoms with Crippen LogP contribution >= 0.6 is 0 Å². The van der Waals surface area contributed by atoms with Crippen molar-refractivity contribution in [1.29, 1.82) is 0 Å². The highest BCUT2D eigenvalue weighted by atomic mass is 16.3.